The van der Waals surface area contributed by atoms with Crippen LogP contribution in [0.25, 0.3) is 0 Å². The highest BCUT2D eigenvalue weighted by Gasteiger charge is 2.36. The van der Waals surface area contributed by atoms with Crippen LogP contribution in [0.1, 0.15) is 11.4 Å². The van der Waals surface area contributed by atoms with Gasteiger partial charge >= 0.3 is 5.69 Å². The van der Waals surface area contributed by atoms with Gasteiger partial charge in [-0.2, -0.15) is 4.98 Å². The monoisotopic (exact) mass is 377 g/mol. The number of likely N-dealkylation sites (tertiary alicyclic amines) is 1. The molecule has 2 saturated heterocycles. The van der Waals surface area contributed by atoms with Gasteiger partial charge in [-0.25, -0.2) is 4.79 Å². The fourth-order valence-electron chi connectivity index (χ4n) is 4.12. The third kappa shape index (κ3) is 4.75. The van der Waals surface area contributed by atoms with Crippen molar-refractivity contribution >= 4 is 5.91 Å². The van der Waals surface area contributed by atoms with Crippen molar-refractivity contribution in [1.29, 1.82) is 0 Å². The van der Waals surface area contributed by atoms with Gasteiger partial charge in [0.15, 0.2) is 0 Å². The summed E-state index contributed by atoms with van der Waals surface area (Å²) in [6.45, 7) is 9.98. The van der Waals surface area contributed by atoms with E-state index in [0.29, 0.717) is 18.8 Å². The van der Waals surface area contributed by atoms with Crippen LogP contribution in [0.4, 0.5) is 0 Å². The number of likely N-dealkylation sites (N-methyl/N-ethyl adjacent to an activating group) is 1. The number of carbonyl (C=O) groups excluding carboxylic acids is 1. The van der Waals surface area contributed by atoms with Crippen molar-refractivity contribution in [3.8, 4) is 0 Å². The molecule has 0 bridgehead atoms. The van der Waals surface area contributed by atoms with Crippen molar-refractivity contribution in [1.82, 2.24) is 24.3 Å². The first-order chi connectivity index (χ1) is 12.9. The molecule has 0 radical (unpaired) electrons. The summed E-state index contributed by atoms with van der Waals surface area (Å²) in [5.74, 6) is 0.295. The van der Waals surface area contributed by atoms with Gasteiger partial charge < -0.3 is 19.8 Å². The summed E-state index contributed by atoms with van der Waals surface area (Å²) in [4.78, 5) is 35.4. The fraction of sp³-hybridized carbons (Fsp3) is 0.737. The van der Waals surface area contributed by atoms with Gasteiger partial charge in [0.2, 0.25) is 5.91 Å². The second-order valence-electron chi connectivity index (χ2n) is 8.01. The number of carbonyl (C=O) groups is 1. The van der Waals surface area contributed by atoms with Crippen LogP contribution in [-0.2, 0) is 11.3 Å². The number of aliphatic hydroxyl groups is 1. The Morgan fingerprint density at radius 2 is 1.85 bits per heavy atom. The number of hydrogen-bond acceptors (Lipinski definition) is 6. The Morgan fingerprint density at radius 1 is 1.19 bits per heavy atom. The van der Waals surface area contributed by atoms with Gasteiger partial charge in [0.1, 0.15) is 6.54 Å². The lowest BCUT2D eigenvalue weighted by atomic mass is 9.96. The zero-order valence-electron chi connectivity index (χ0n) is 16.6. The van der Waals surface area contributed by atoms with Gasteiger partial charge in [-0.15, -0.1) is 0 Å². The molecule has 2 aliphatic rings. The van der Waals surface area contributed by atoms with E-state index >= 15 is 0 Å². The lowest BCUT2D eigenvalue weighted by molar-refractivity contribution is -0.131. The summed E-state index contributed by atoms with van der Waals surface area (Å²) in [6.07, 6.45) is 0. The molecule has 8 heteroatoms. The van der Waals surface area contributed by atoms with Crippen LogP contribution in [0.2, 0.25) is 0 Å². The molecule has 0 aliphatic carbocycles. The van der Waals surface area contributed by atoms with Crippen molar-refractivity contribution in [3.63, 3.8) is 0 Å². The normalized spacial score (nSPS) is 24.5. The van der Waals surface area contributed by atoms with E-state index in [9.17, 15) is 14.7 Å². The average Bonchev–Trinajstić information content (AvgIpc) is 3.03. The van der Waals surface area contributed by atoms with Gasteiger partial charge in [0, 0.05) is 69.7 Å². The van der Waals surface area contributed by atoms with Gasteiger partial charge in [-0.3, -0.25) is 9.36 Å². The van der Waals surface area contributed by atoms with Gasteiger partial charge in [0.05, 0.1) is 0 Å². The van der Waals surface area contributed by atoms with E-state index in [2.05, 4.69) is 21.8 Å². The van der Waals surface area contributed by atoms with Crippen LogP contribution in [0, 0.1) is 25.7 Å². The molecule has 150 valence electrons. The molecule has 2 atom stereocenters. The Hall–Kier alpha value is -1.77. The van der Waals surface area contributed by atoms with Gasteiger partial charge in [0.25, 0.3) is 0 Å². The Kier molecular flexibility index (Phi) is 6.29. The predicted molar refractivity (Wildman–Crippen MR) is 103 cm³/mol. The minimum atomic E-state index is -0.382. The molecule has 1 N–H and O–H groups in total. The maximum atomic E-state index is 12.8. The van der Waals surface area contributed by atoms with Crippen LogP contribution in [0.5, 0.6) is 0 Å². The third-order valence-electron chi connectivity index (χ3n) is 5.89. The molecule has 1 amide bonds. The first-order valence-electron chi connectivity index (χ1n) is 9.72. The van der Waals surface area contributed by atoms with Gasteiger partial charge in [-0.1, -0.05) is 0 Å². The number of nitrogens with zero attached hydrogens (tertiary/aromatic N) is 5. The number of aromatic nitrogens is 2. The van der Waals surface area contributed by atoms with Crippen molar-refractivity contribution in [2.75, 3.05) is 59.5 Å². The Bertz CT molecular complexity index is 727. The number of amides is 1. The topological polar surface area (TPSA) is 81.9 Å². The highest BCUT2D eigenvalue weighted by molar-refractivity contribution is 5.76. The molecule has 0 saturated carbocycles. The molecule has 8 nitrogen and oxygen atoms in total. The molecule has 1 aromatic rings. The first-order valence-corrected chi connectivity index (χ1v) is 9.72. The number of aryl methyl sites for hydroxylation is 2. The average molecular weight is 377 g/mol. The second-order valence-corrected chi connectivity index (χ2v) is 8.01. The summed E-state index contributed by atoms with van der Waals surface area (Å²) in [7, 11) is 2.13. The Labute approximate surface area is 160 Å². The Morgan fingerprint density at radius 3 is 2.48 bits per heavy atom. The van der Waals surface area contributed by atoms with Crippen molar-refractivity contribution in [2.45, 2.75) is 20.4 Å². The lowest BCUT2D eigenvalue weighted by Crippen LogP contribution is -2.47. The molecule has 1 aromatic heterocycles. The number of hydrogen-bond donors (Lipinski definition) is 1. The molecule has 0 aromatic carbocycles. The smallest absolute Gasteiger partial charge is 0.348 e. The van der Waals surface area contributed by atoms with Crippen molar-refractivity contribution in [3.05, 3.63) is 27.9 Å². The summed E-state index contributed by atoms with van der Waals surface area (Å²) in [5.41, 5.74) is 1.02. The maximum Gasteiger partial charge on any atom is 0.348 e. The molecule has 0 spiro atoms. The molecule has 2 aliphatic heterocycles. The van der Waals surface area contributed by atoms with Crippen LogP contribution in [0.3, 0.4) is 0 Å². The van der Waals surface area contributed by atoms with Crippen molar-refractivity contribution in [2.24, 2.45) is 11.8 Å². The molecular weight excluding hydrogens is 346 g/mol. The van der Waals surface area contributed by atoms with E-state index < -0.39 is 0 Å². The standard InChI is InChI=1S/C19H31N5O3/c1-14-8-15(2)24(19(27)20-14)12-18(26)23-10-16(17(11-23)13-25)9-22-6-4-21(3)5-7-22/h8,16-17,25H,4-7,9-13H2,1-3H3/t16-,17-/m1/s1. The fourth-order valence-corrected chi connectivity index (χ4v) is 4.12. The van der Waals surface area contributed by atoms with E-state index in [1.807, 2.05) is 13.0 Å². The minimum absolute atomic E-state index is 0.0112. The van der Waals surface area contributed by atoms with Crippen LogP contribution >= 0.6 is 0 Å². The molecular formula is C19H31N5O3. The number of rotatable bonds is 5. The van der Waals surface area contributed by atoms with E-state index in [4.69, 9.17) is 0 Å². The summed E-state index contributed by atoms with van der Waals surface area (Å²) >= 11 is 0. The van der Waals surface area contributed by atoms with Crippen LogP contribution in [-0.4, -0.2) is 94.7 Å². The summed E-state index contributed by atoms with van der Waals surface area (Å²) in [6, 6.07) is 1.81. The first kappa shape index (κ1) is 20.0. The largest absolute Gasteiger partial charge is 0.396 e. The molecule has 2 fully saturated rings. The van der Waals surface area contributed by atoms with Crippen LogP contribution in [0.15, 0.2) is 10.9 Å². The molecule has 3 rings (SSSR count). The van der Waals surface area contributed by atoms with E-state index in [1.54, 1.807) is 11.8 Å². The molecule has 27 heavy (non-hydrogen) atoms. The quantitative estimate of drug-likeness (QED) is 0.722. The molecule has 0 unspecified atom stereocenters. The maximum absolute atomic E-state index is 12.8. The van der Waals surface area contributed by atoms with Crippen molar-refractivity contribution < 1.29 is 9.90 Å². The Balaban J connectivity index is 1.62. The van der Waals surface area contributed by atoms with E-state index in [-0.39, 0.29) is 36.6 Å². The number of aliphatic hydroxyl groups excluding tert-OH is 1. The second kappa shape index (κ2) is 8.50. The zero-order valence-corrected chi connectivity index (χ0v) is 16.6. The summed E-state index contributed by atoms with van der Waals surface area (Å²) < 4.78 is 1.43. The SMILES string of the molecule is Cc1cc(C)n(CC(=O)N2C[C@@H](CN3CCN(C)CC3)[C@@H](CO)C2)c(=O)n1. The highest BCUT2D eigenvalue weighted by Crippen LogP contribution is 2.25. The van der Waals surface area contributed by atoms with E-state index in [1.165, 1.54) is 4.57 Å². The minimum Gasteiger partial charge on any atom is -0.396 e. The van der Waals surface area contributed by atoms with Crippen LogP contribution < -0.4 is 5.69 Å². The lowest BCUT2D eigenvalue weighted by Gasteiger charge is -2.34. The highest BCUT2D eigenvalue weighted by atomic mass is 16.3. The van der Waals surface area contributed by atoms with E-state index in [0.717, 1.165) is 38.4 Å². The predicted octanol–water partition coefficient (Wildman–Crippen LogP) is -0.826. The van der Waals surface area contributed by atoms with Gasteiger partial charge in [-0.05, 0) is 32.9 Å². The third-order valence-corrected chi connectivity index (χ3v) is 5.89. The zero-order chi connectivity index (χ0) is 19.6. The molecule has 3 heterocycles. The number of piperazine rings is 1. The summed E-state index contributed by atoms with van der Waals surface area (Å²) in [5, 5.41) is 9.79.